The molecule has 9 nitrogen and oxygen atoms in total. The molecule has 224 valence electrons. The zero-order valence-electron chi connectivity index (χ0n) is 24.7. The molecule has 2 saturated heterocycles. The molecule has 2 fully saturated rings. The maximum atomic E-state index is 14.2. The van der Waals surface area contributed by atoms with Crippen LogP contribution in [0.4, 0.5) is 4.79 Å². The van der Waals surface area contributed by atoms with Gasteiger partial charge in [-0.1, -0.05) is 90.8 Å². The molecule has 0 aliphatic carbocycles. The minimum Gasteiger partial charge on any atom is -0.333 e. The molecular weight excluding hydrogens is 564 g/mol. The van der Waals surface area contributed by atoms with Crippen LogP contribution in [0.5, 0.6) is 0 Å². The Bertz CT molecular complexity index is 1810. The number of carbonyl (C=O) groups is 3. The SMILES string of the molecule is C#Cc1ccc(C[C@H]2C(=O)N(Cc3cccc4ccccc34)C[C@H]3N2C(=O)CN3N(CC#N)C(=O)NCc2ccccc2)cc1. The number of nitriles is 1. The van der Waals surface area contributed by atoms with E-state index in [4.69, 9.17) is 6.42 Å². The molecule has 4 amide bonds. The van der Waals surface area contributed by atoms with E-state index in [1.807, 2.05) is 97.1 Å². The Labute approximate surface area is 262 Å². The van der Waals surface area contributed by atoms with E-state index in [0.29, 0.717) is 6.54 Å². The average molecular weight is 597 g/mol. The number of nitrogens with zero attached hydrogens (tertiary/aromatic N) is 5. The smallest absolute Gasteiger partial charge is 0.333 e. The van der Waals surface area contributed by atoms with Crippen LogP contribution in [-0.4, -0.2) is 69.5 Å². The number of hydrogen-bond acceptors (Lipinski definition) is 5. The fourth-order valence-corrected chi connectivity index (χ4v) is 6.20. The van der Waals surface area contributed by atoms with Crippen molar-refractivity contribution < 1.29 is 14.4 Å². The lowest BCUT2D eigenvalue weighted by Crippen LogP contribution is -2.66. The lowest BCUT2D eigenvalue weighted by atomic mass is 9.98. The second kappa shape index (κ2) is 12.9. The number of urea groups is 1. The van der Waals surface area contributed by atoms with Gasteiger partial charge in [-0.3, -0.25) is 9.59 Å². The predicted molar refractivity (Wildman–Crippen MR) is 170 cm³/mol. The van der Waals surface area contributed by atoms with Gasteiger partial charge < -0.3 is 15.1 Å². The topological polar surface area (TPSA) is 100.0 Å². The number of hydrazine groups is 1. The van der Waals surface area contributed by atoms with Gasteiger partial charge in [0.25, 0.3) is 0 Å². The van der Waals surface area contributed by atoms with Crippen molar-refractivity contribution in [3.8, 4) is 18.4 Å². The first-order valence-corrected chi connectivity index (χ1v) is 14.8. The molecule has 0 unspecified atom stereocenters. The normalized spacial score (nSPS) is 17.9. The highest BCUT2D eigenvalue weighted by molar-refractivity contribution is 5.92. The summed E-state index contributed by atoms with van der Waals surface area (Å²) in [5, 5.41) is 17.6. The predicted octanol–water partition coefficient (Wildman–Crippen LogP) is 3.90. The molecule has 9 heteroatoms. The van der Waals surface area contributed by atoms with Crippen LogP contribution < -0.4 is 5.32 Å². The van der Waals surface area contributed by atoms with Crippen molar-refractivity contribution >= 4 is 28.6 Å². The van der Waals surface area contributed by atoms with Crippen LogP contribution >= 0.6 is 0 Å². The van der Waals surface area contributed by atoms with E-state index in [-0.39, 0.29) is 44.4 Å². The lowest BCUT2D eigenvalue weighted by molar-refractivity contribution is -0.157. The van der Waals surface area contributed by atoms with Gasteiger partial charge in [-0.15, -0.1) is 6.42 Å². The van der Waals surface area contributed by atoms with Gasteiger partial charge in [-0.05, 0) is 39.6 Å². The van der Waals surface area contributed by atoms with Gasteiger partial charge in [0.1, 0.15) is 18.8 Å². The van der Waals surface area contributed by atoms with E-state index < -0.39 is 18.2 Å². The zero-order chi connectivity index (χ0) is 31.3. The Morgan fingerprint density at radius 2 is 1.67 bits per heavy atom. The highest BCUT2D eigenvalue weighted by Crippen LogP contribution is 2.31. The molecule has 0 bridgehead atoms. The van der Waals surface area contributed by atoms with Crippen molar-refractivity contribution in [2.24, 2.45) is 0 Å². The molecule has 0 spiro atoms. The van der Waals surface area contributed by atoms with E-state index in [2.05, 4.69) is 17.3 Å². The van der Waals surface area contributed by atoms with Crippen LogP contribution in [-0.2, 0) is 29.1 Å². The molecule has 4 aromatic rings. The summed E-state index contributed by atoms with van der Waals surface area (Å²) in [5.41, 5.74) is 3.47. The minimum absolute atomic E-state index is 0.132. The fraction of sp³-hybridized carbons (Fsp3) is 0.222. The standard InChI is InChI=1S/C36H32N6O3/c1-2-26-15-17-27(18-16-26)21-32-35(44)39(23-30-13-8-12-29-11-6-7-14-31(29)30)24-33-41(25-34(43)42(32)33)40(20-19-37)36(45)38-22-28-9-4-3-5-10-28/h1,3-18,32-33H,20-25H2,(H,38,45)/t32-,33+/m0/s1. The van der Waals surface area contributed by atoms with E-state index >= 15 is 0 Å². The van der Waals surface area contributed by atoms with Crippen LogP contribution in [0.2, 0.25) is 0 Å². The van der Waals surface area contributed by atoms with Crippen molar-refractivity contribution in [1.82, 2.24) is 25.1 Å². The summed E-state index contributed by atoms with van der Waals surface area (Å²) in [6, 6.07) is 31.7. The van der Waals surface area contributed by atoms with Crippen LogP contribution in [0.15, 0.2) is 97.1 Å². The van der Waals surface area contributed by atoms with Crippen molar-refractivity contribution in [3.05, 3.63) is 119 Å². The van der Waals surface area contributed by atoms with Crippen molar-refractivity contribution in [3.63, 3.8) is 0 Å². The second-order valence-corrected chi connectivity index (χ2v) is 11.2. The van der Waals surface area contributed by atoms with Gasteiger partial charge in [0.2, 0.25) is 11.8 Å². The van der Waals surface area contributed by atoms with Gasteiger partial charge in [-0.25, -0.2) is 9.80 Å². The zero-order valence-corrected chi connectivity index (χ0v) is 24.7. The summed E-state index contributed by atoms with van der Waals surface area (Å²) in [6.07, 6.45) is 5.18. The number of terminal acetylenes is 1. The average Bonchev–Trinajstić information content (AvgIpc) is 3.40. The molecule has 0 radical (unpaired) electrons. The number of amides is 4. The van der Waals surface area contributed by atoms with Gasteiger partial charge in [0, 0.05) is 25.1 Å². The Kier molecular flexibility index (Phi) is 8.45. The van der Waals surface area contributed by atoms with Crippen molar-refractivity contribution in [2.45, 2.75) is 31.7 Å². The largest absolute Gasteiger partial charge is 0.333 e. The van der Waals surface area contributed by atoms with E-state index in [1.54, 1.807) is 14.8 Å². The Balaban J connectivity index is 1.32. The number of benzene rings is 4. The first-order chi connectivity index (χ1) is 22.0. The second-order valence-electron chi connectivity index (χ2n) is 11.2. The summed E-state index contributed by atoms with van der Waals surface area (Å²) in [4.78, 5) is 44.7. The lowest BCUT2D eigenvalue weighted by Gasteiger charge is -2.46. The van der Waals surface area contributed by atoms with Gasteiger partial charge in [-0.2, -0.15) is 10.3 Å². The van der Waals surface area contributed by atoms with Crippen LogP contribution in [0.3, 0.4) is 0 Å². The highest BCUT2D eigenvalue weighted by Gasteiger charge is 2.52. The molecule has 4 aromatic carbocycles. The van der Waals surface area contributed by atoms with E-state index in [1.165, 1.54) is 5.01 Å². The van der Waals surface area contributed by atoms with Gasteiger partial charge >= 0.3 is 6.03 Å². The highest BCUT2D eigenvalue weighted by atomic mass is 16.2. The van der Waals surface area contributed by atoms with Crippen molar-refractivity contribution in [2.75, 3.05) is 19.6 Å². The molecule has 0 saturated carbocycles. The number of carbonyl (C=O) groups excluding carboxylic acids is 3. The molecule has 2 aliphatic rings. The third-order valence-electron chi connectivity index (χ3n) is 8.41. The fourth-order valence-electron chi connectivity index (χ4n) is 6.20. The molecule has 45 heavy (non-hydrogen) atoms. The molecule has 2 heterocycles. The Morgan fingerprint density at radius 1 is 0.933 bits per heavy atom. The third-order valence-corrected chi connectivity index (χ3v) is 8.41. The monoisotopic (exact) mass is 596 g/mol. The van der Waals surface area contributed by atoms with Crippen LogP contribution in [0.1, 0.15) is 22.3 Å². The maximum absolute atomic E-state index is 14.2. The van der Waals surface area contributed by atoms with Crippen LogP contribution in [0, 0.1) is 23.7 Å². The molecular formula is C36H32N6O3. The molecule has 2 atom stereocenters. The first-order valence-electron chi connectivity index (χ1n) is 14.8. The Morgan fingerprint density at radius 3 is 2.42 bits per heavy atom. The number of rotatable bonds is 8. The summed E-state index contributed by atoms with van der Waals surface area (Å²) in [7, 11) is 0. The number of piperazine rings is 1. The summed E-state index contributed by atoms with van der Waals surface area (Å²) in [6.45, 7) is 0.381. The summed E-state index contributed by atoms with van der Waals surface area (Å²) in [5.74, 6) is 2.16. The van der Waals surface area contributed by atoms with Gasteiger partial charge in [0.05, 0.1) is 19.2 Å². The number of fused-ring (bicyclic) bond motifs is 2. The maximum Gasteiger partial charge on any atom is 0.333 e. The molecule has 2 aliphatic heterocycles. The number of nitrogens with one attached hydrogen (secondary N) is 1. The van der Waals surface area contributed by atoms with E-state index in [9.17, 15) is 19.6 Å². The summed E-state index contributed by atoms with van der Waals surface area (Å²) < 4.78 is 0. The first kappa shape index (κ1) is 29.4. The van der Waals surface area contributed by atoms with Crippen molar-refractivity contribution in [1.29, 1.82) is 5.26 Å². The number of hydrogen-bond donors (Lipinski definition) is 1. The van der Waals surface area contributed by atoms with E-state index in [0.717, 1.165) is 33.0 Å². The van der Waals surface area contributed by atoms with Gasteiger partial charge in [0.15, 0.2) is 0 Å². The Hall–Kier alpha value is -5.64. The molecule has 1 N–H and O–H groups in total. The molecule has 0 aromatic heterocycles. The quantitative estimate of drug-likeness (QED) is 0.246. The van der Waals surface area contributed by atoms with Crippen LogP contribution in [0.25, 0.3) is 10.8 Å². The molecule has 6 rings (SSSR count). The summed E-state index contributed by atoms with van der Waals surface area (Å²) >= 11 is 0. The minimum atomic E-state index is -0.802. The third kappa shape index (κ3) is 6.08.